The molecule has 3 rings (SSSR count). The number of hydrogen-bond acceptors (Lipinski definition) is 4. The van der Waals surface area contributed by atoms with E-state index in [2.05, 4.69) is 15.0 Å². The van der Waals surface area contributed by atoms with Crippen molar-refractivity contribution in [2.24, 2.45) is 0 Å². The lowest BCUT2D eigenvalue weighted by Crippen LogP contribution is -1.96. The molecule has 0 aliphatic carbocycles. The molecule has 2 N–H and O–H groups in total. The van der Waals surface area contributed by atoms with Gasteiger partial charge < -0.3 is 14.5 Å². The summed E-state index contributed by atoms with van der Waals surface area (Å²) in [5.41, 5.74) is 2.00. The molecule has 0 saturated carbocycles. The largest absolute Gasteiger partial charge is 0.478 e. The Bertz CT molecular complexity index is 742. The van der Waals surface area contributed by atoms with Gasteiger partial charge >= 0.3 is 5.97 Å². The highest BCUT2D eigenvalue weighted by Gasteiger charge is 2.11. The quantitative estimate of drug-likeness (QED) is 0.720. The van der Waals surface area contributed by atoms with Crippen LogP contribution in [-0.2, 0) is 0 Å². The minimum Gasteiger partial charge on any atom is -0.478 e. The number of aryl methyl sites for hydroxylation is 1. The Morgan fingerprint density at radius 1 is 1.44 bits per heavy atom. The van der Waals surface area contributed by atoms with Crippen LogP contribution in [0.1, 0.15) is 16.1 Å². The predicted octanol–water partition coefficient (Wildman–Crippen LogP) is 2.22. The zero-order valence-electron chi connectivity index (χ0n) is 9.47. The first-order valence-electron chi connectivity index (χ1n) is 5.28. The third-order valence-corrected chi connectivity index (χ3v) is 2.59. The summed E-state index contributed by atoms with van der Waals surface area (Å²) in [5, 5.41) is 8.88. The van der Waals surface area contributed by atoms with Gasteiger partial charge in [-0.25, -0.2) is 14.8 Å². The summed E-state index contributed by atoms with van der Waals surface area (Å²) >= 11 is 0. The van der Waals surface area contributed by atoms with E-state index in [9.17, 15) is 4.79 Å². The molecule has 0 aliphatic heterocycles. The number of nitrogens with zero attached hydrogens (tertiary/aromatic N) is 2. The fourth-order valence-electron chi connectivity index (χ4n) is 1.72. The number of carbonyl (C=O) groups is 1. The molecule has 0 radical (unpaired) electrons. The maximum atomic E-state index is 10.8. The molecular weight excluding hydrogens is 234 g/mol. The molecule has 3 aromatic heterocycles. The molecule has 6 heteroatoms. The fourth-order valence-corrected chi connectivity index (χ4v) is 1.72. The number of carboxylic acid groups (broad SMARTS) is 1. The second-order valence-electron chi connectivity index (χ2n) is 3.93. The Morgan fingerprint density at radius 2 is 2.28 bits per heavy atom. The normalized spacial score (nSPS) is 10.9. The van der Waals surface area contributed by atoms with Crippen LogP contribution in [0.4, 0.5) is 0 Å². The van der Waals surface area contributed by atoms with Crippen LogP contribution in [0.2, 0.25) is 0 Å². The van der Waals surface area contributed by atoms with E-state index in [0.29, 0.717) is 17.0 Å². The van der Waals surface area contributed by atoms with Crippen LogP contribution in [0, 0.1) is 6.92 Å². The molecule has 0 spiro atoms. The number of fused-ring (bicyclic) bond motifs is 1. The van der Waals surface area contributed by atoms with Gasteiger partial charge in [-0.05, 0) is 19.1 Å². The Morgan fingerprint density at radius 3 is 2.94 bits per heavy atom. The summed E-state index contributed by atoms with van der Waals surface area (Å²) in [6.45, 7) is 1.84. The number of imidazole rings is 1. The van der Waals surface area contributed by atoms with Gasteiger partial charge in [0.05, 0.1) is 16.6 Å². The molecule has 0 saturated heterocycles. The number of H-pyrrole nitrogens is 1. The molecule has 18 heavy (non-hydrogen) atoms. The number of pyridine rings is 1. The number of carboxylic acids is 1. The van der Waals surface area contributed by atoms with E-state index in [-0.39, 0.29) is 5.56 Å². The average molecular weight is 243 g/mol. The molecule has 0 fully saturated rings. The molecule has 0 aromatic carbocycles. The molecule has 6 nitrogen and oxygen atoms in total. The topological polar surface area (TPSA) is 92.0 Å². The van der Waals surface area contributed by atoms with Gasteiger partial charge in [0, 0.05) is 6.20 Å². The molecule has 0 amide bonds. The van der Waals surface area contributed by atoms with Gasteiger partial charge in [-0.1, -0.05) is 0 Å². The van der Waals surface area contributed by atoms with Gasteiger partial charge in [-0.2, -0.15) is 0 Å². The van der Waals surface area contributed by atoms with Crippen molar-refractivity contribution >= 4 is 17.1 Å². The van der Waals surface area contributed by atoms with Crippen LogP contribution in [0.5, 0.6) is 0 Å². The number of aromatic amines is 1. The fraction of sp³-hybridized carbons (Fsp3) is 0.0833. The lowest BCUT2D eigenvalue weighted by Gasteiger charge is -1.91. The minimum absolute atomic E-state index is 0.126. The van der Waals surface area contributed by atoms with Crippen LogP contribution < -0.4 is 0 Å². The Hall–Kier alpha value is -2.63. The first kappa shape index (κ1) is 10.5. The van der Waals surface area contributed by atoms with E-state index >= 15 is 0 Å². The van der Waals surface area contributed by atoms with Crippen molar-refractivity contribution in [2.75, 3.05) is 0 Å². The van der Waals surface area contributed by atoms with Gasteiger partial charge in [-0.3, -0.25) is 0 Å². The first-order chi connectivity index (χ1) is 8.63. The minimum atomic E-state index is -1.01. The molecule has 0 unspecified atom stereocenters. The zero-order chi connectivity index (χ0) is 12.7. The van der Waals surface area contributed by atoms with Crippen LogP contribution in [-0.4, -0.2) is 26.0 Å². The lowest BCUT2D eigenvalue weighted by molar-refractivity contribution is 0.0696. The van der Waals surface area contributed by atoms with Crippen molar-refractivity contribution in [3.63, 3.8) is 0 Å². The third-order valence-electron chi connectivity index (χ3n) is 2.59. The molecule has 3 heterocycles. The predicted molar refractivity (Wildman–Crippen MR) is 63.3 cm³/mol. The Kier molecular flexibility index (Phi) is 2.16. The van der Waals surface area contributed by atoms with Crippen LogP contribution in [0.25, 0.3) is 22.6 Å². The van der Waals surface area contributed by atoms with E-state index in [1.807, 2.05) is 13.0 Å². The second-order valence-corrected chi connectivity index (χ2v) is 3.93. The van der Waals surface area contributed by atoms with Crippen LogP contribution >= 0.6 is 0 Å². The van der Waals surface area contributed by atoms with Crippen LogP contribution in [0.3, 0.4) is 0 Å². The molecule has 0 aliphatic rings. The van der Waals surface area contributed by atoms with Crippen molar-refractivity contribution in [3.05, 3.63) is 35.9 Å². The number of aromatic nitrogens is 3. The standard InChI is InChI=1S/C12H9N3O3/c1-6-2-8(5-18-6)10-14-9-3-7(12(16)17)4-13-11(9)15-10/h2-5H,1H3,(H,16,17)(H,13,14,15). The summed E-state index contributed by atoms with van der Waals surface area (Å²) in [6, 6.07) is 3.35. The third kappa shape index (κ3) is 1.64. The summed E-state index contributed by atoms with van der Waals surface area (Å²) in [6.07, 6.45) is 2.88. The first-order valence-corrected chi connectivity index (χ1v) is 5.28. The highest BCUT2D eigenvalue weighted by Crippen LogP contribution is 2.21. The molecule has 0 bridgehead atoms. The van der Waals surface area contributed by atoms with Gasteiger partial charge in [0.15, 0.2) is 5.65 Å². The summed E-state index contributed by atoms with van der Waals surface area (Å²) in [4.78, 5) is 22.1. The highest BCUT2D eigenvalue weighted by molar-refractivity contribution is 5.91. The monoisotopic (exact) mass is 243 g/mol. The smallest absolute Gasteiger partial charge is 0.337 e. The van der Waals surface area contributed by atoms with Crippen molar-refractivity contribution < 1.29 is 14.3 Å². The van der Waals surface area contributed by atoms with Gasteiger partial charge in [0.25, 0.3) is 0 Å². The lowest BCUT2D eigenvalue weighted by atomic mass is 10.3. The van der Waals surface area contributed by atoms with Crippen LogP contribution in [0.15, 0.2) is 29.0 Å². The molecule has 90 valence electrons. The van der Waals surface area contributed by atoms with Gasteiger partial charge in [0.2, 0.25) is 0 Å². The molecule has 0 atom stereocenters. The number of nitrogens with one attached hydrogen (secondary N) is 1. The number of rotatable bonds is 2. The average Bonchev–Trinajstić information content (AvgIpc) is 2.93. The summed E-state index contributed by atoms with van der Waals surface area (Å²) < 4.78 is 5.20. The number of hydrogen-bond donors (Lipinski definition) is 2. The van der Waals surface area contributed by atoms with Crippen molar-refractivity contribution in [3.8, 4) is 11.4 Å². The van der Waals surface area contributed by atoms with Gasteiger partial charge in [-0.15, -0.1) is 0 Å². The van der Waals surface area contributed by atoms with Crippen molar-refractivity contribution in [1.82, 2.24) is 15.0 Å². The molecule has 3 aromatic rings. The highest BCUT2D eigenvalue weighted by atomic mass is 16.4. The second kappa shape index (κ2) is 3.69. The van der Waals surface area contributed by atoms with E-state index in [0.717, 1.165) is 11.3 Å². The van der Waals surface area contributed by atoms with Crippen molar-refractivity contribution in [1.29, 1.82) is 0 Å². The number of furan rings is 1. The van der Waals surface area contributed by atoms with E-state index in [1.165, 1.54) is 12.3 Å². The maximum Gasteiger partial charge on any atom is 0.337 e. The summed E-state index contributed by atoms with van der Waals surface area (Å²) in [5.74, 6) is 0.376. The van der Waals surface area contributed by atoms with Gasteiger partial charge in [0.1, 0.15) is 17.8 Å². The summed E-state index contributed by atoms with van der Waals surface area (Å²) in [7, 11) is 0. The Labute approximate surface area is 101 Å². The molecular formula is C12H9N3O3. The van der Waals surface area contributed by atoms with E-state index in [4.69, 9.17) is 9.52 Å². The SMILES string of the molecule is Cc1cc(-c2nc3ncc(C(=O)O)cc3[nH]2)co1. The van der Waals surface area contributed by atoms with E-state index < -0.39 is 5.97 Å². The van der Waals surface area contributed by atoms with Crippen molar-refractivity contribution in [2.45, 2.75) is 6.92 Å². The number of aromatic carboxylic acids is 1. The maximum absolute atomic E-state index is 10.8. The zero-order valence-corrected chi connectivity index (χ0v) is 9.47. The Balaban J connectivity index is 2.13. The van der Waals surface area contributed by atoms with E-state index in [1.54, 1.807) is 6.26 Å².